The van der Waals surface area contributed by atoms with Crippen molar-refractivity contribution < 1.29 is 19.4 Å². The van der Waals surface area contributed by atoms with Gasteiger partial charge in [-0.1, -0.05) is 0 Å². The summed E-state index contributed by atoms with van der Waals surface area (Å²) in [6.45, 7) is 5.07. The van der Waals surface area contributed by atoms with Crippen LogP contribution in [0.1, 0.15) is 13.8 Å². The molecule has 124 valence electrons. The van der Waals surface area contributed by atoms with E-state index >= 15 is 0 Å². The molecule has 0 aliphatic carbocycles. The van der Waals surface area contributed by atoms with E-state index in [0.717, 1.165) is 11.3 Å². The predicted molar refractivity (Wildman–Crippen MR) is 89.8 cm³/mol. The molecule has 7 heteroatoms. The maximum atomic E-state index is 12.0. The van der Waals surface area contributed by atoms with Crippen molar-refractivity contribution >= 4 is 22.4 Å². The van der Waals surface area contributed by atoms with Crippen molar-refractivity contribution in [2.75, 3.05) is 25.1 Å². The number of amides is 1. The van der Waals surface area contributed by atoms with Crippen molar-refractivity contribution in [3.8, 4) is 17.0 Å². The fourth-order valence-corrected chi connectivity index (χ4v) is 2.53. The smallest absolute Gasteiger partial charge is 0.254 e. The Balaban J connectivity index is 1.88. The highest BCUT2D eigenvalue weighted by molar-refractivity contribution is 7.14. The Kier molecular flexibility index (Phi) is 6.52. The molecule has 1 aromatic heterocycles. The van der Waals surface area contributed by atoms with E-state index in [0.29, 0.717) is 25.0 Å². The number of hydrogen-bond acceptors (Lipinski definition) is 6. The van der Waals surface area contributed by atoms with Gasteiger partial charge in [-0.3, -0.25) is 10.1 Å². The summed E-state index contributed by atoms with van der Waals surface area (Å²) in [4.78, 5) is 16.4. The zero-order valence-corrected chi connectivity index (χ0v) is 13.9. The molecule has 0 radical (unpaired) electrons. The maximum Gasteiger partial charge on any atom is 0.254 e. The van der Waals surface area contributed by atoms with E-state index in [1.54, 1.807) is 31.2 Å². The Morgan fingerprint density at radius 3 is 2.78 bits per heavy atom. The largest absolute Gasteiger partial charge is 0.508 e. The number of phenols is 1. The van der Waals surface area contributed by atoms with Crippen molar-refractivity contribution in [2.45, 2.75) is 20.0 Å². The summed E-state index contributed by atoms with van der Waals surface area (Å²) in [5, 5.41) is 14.4. The van der Waals surface area contributed by atoms with Crippen LogP contribution in [-0.4, -0.2) is 41.9 Å². The summed E-state index contributed by atoms with van der Waals surface area (Å²) in [7, 11) is 0. The second-order valence-electron chi connectivity index (χ2n) is 4.78. The lowest BCUT2D eigenvalue weighted by Gasteiger charge is -2.11. The van der Waals surface area contributed by atoms with Gasteiger partial charge in [-0.05, 0) is 38.1 Å². The van der Waals surface area contributed by atoms with Gasteiger partial charge in [0, 0.05) is 17.6 Å². The molecule has 0 bridgehead atoms. The first-order valence-corrected chi connectivity index (χ1v) is 8.23. The summed E-state index contributed by atoms with van der Waals surface area (Å²) in [5.74, 6) is -0.0383. The van der Waals surface area contributed by atoms with Crippen molar-refractivity contribution in [3.05, 3.63) is 29.6 Å². The molecule has 0 aliphatic rings. The van der Waals surface area contributed by atoms with Crippen molar-refractivity contribution in [3.63, 3.8) is 0 Å². The van der Waals surface area contributed by atoms with Gasteiger partial charge in [-0.15, -0.1) is 11.3 Å². The number of thiazole rings is 1. The number of rotatable bonds is 8. The molecule has 0 saturated carbocycles. The summed E-state index contributed by atoms with van der Waals surface area (Å²) >= 11 is 1.34. The standard InChI is InChI=1S/C16H20N2O4S/c1-3-21-8-9-22-11(2)15(20)18-16-17-14(10-23-16)12-4-6-13(19)7-5-12/h4-7,10-11,19H,3,8-9H2,1-2H3,(H,17,18,20)/t11-/m1/s1. The fraction of sp³-hybridized carbons (Fsp3) is 0.375. The number of carbonyl (C=O) groups excluding carboxylic acids is 1. The van der Waals surface area contributed by atoms with Crippen LogP contribution in [0.25, 0.3) is 11.3 Å². The molecule has 1 amide bonds. The highest BCUT2D eigenvalue weighted by atomic mass is 32.1. The zero-order valence-electron chi connectivity index (χ0n) is 13.1. The van der Waals surface area contributed by atoms with Gasteiger partial charge in [0.1, 0.15) is 11.9 Å². The van der Waals surface area contributed by atoms with Crippen LogP contribution in [0.2, 0.25) is 0 Å². The first-order valence-electron chi connectivity index (χ1n) is 7.35. The van der Waals surface area contributed by atoms with Gasteiger partial charge >= 0.3 is 0 Å². The Morgan fingerprint density at radius 1 is 1.35 bits per heavy atom. The fourth-order valence-electron chi connectivity index (χ4n) is 1.81. The van der Waals surface area contributed by atoms with Crippen LogP contribution in [0.4, 0.5) is 5.13 Å². The van der Waals surface area contributed by atoms with Gasteiger partial charge in [0.25, 0.3) is 5.91 Å². The van der Waals surface area contributed by atoms with Crippen LogP contribution >= 0.6 is 11.3 Å². The van der Waals surface area contributed by atoms with Crippen LogP contribution in [-0.2, 0) is 14.3 Å². The number of ether oxygens (including phenoxy) is 2. The van der Waals surface area contributed by atoms with E-state index in [1.807, 2.05) is 12.3 Å². The molecular formula is C16H20N2O4S. The van der Waals surface area contributed by atoms with Gasteiger partial charge in [0.2, 0.25) is 0 Å². The molecule has 0 aliphatic heterocycles. The van der Waals surface area contributed by atoms with E-state index in [1.165, 1.54) is 11.3 Å². The topological polar surface area (TPSA) is 80.7 Å². The molecule has 0 unspecified atom stereocenters. The van der Waals surface area contributed by atoms with Gasteiger partial charge in [0.15, 0.2) is 5.13 Å². The van der Waals surface area contributed by atoms with Gasteiger partial charge in [-0.25, -0.2) is 4.98 Å². The Morgan fingerprint density at radius 2 is 2.09 bits per heavy atom. The van der Waals surface area contributed by atoms with E-state index in [2.05, 4.69) is 10.3 Å². The molecule has 1 atom stereocenters. The summed E-state index contributed by atoms with van der Waals surface area (Å²) in [6, 6.07) is 6.74. The molecule has 6 nitrogen and oxygen atoms in total. The molecule has 2 aromatic rings. The molecule has 1 aromatic carbocycles. The lowest BCUT2D eigenvalue weighted by atomic mass is 10.2. The van der Waals surface area contributed by atoms with Crippen molar-refractivity contribution in [1.82, 2.24) is 4.98 Å². The van der Waals surface area contributed by atoms with Crippen molar-refractivity contribution in [1.29, 1.82) is 0 Å². The Bertz CT molecular complexity index is 627. The first-order chi connectivity index (χ1) is 11.1. The van der Waals surface area contributed by atoms with Crippen LogP contribution < -0.4 is 5.32 Å². The monoisotopic (exact) mass is 336 g/mol. The number of anilines is 1. The third-order valence-corrected chi connectivity index (χ3v) is 3.82. The Hall–Kier alpha value is -1.96. The number of benzene rings is 1. The molecular weight excluding hydrogens is 316 g/mol. The minimum absolute atomic E-state index is 0.204. The molecule has 2 N–H and O–H groups in total. The molecule has 1 heterocycles. The summed E-state index contributed by atoms with van der Waals surface area (Å²) < 4.78 is 10.6. The molecule has 23 heavy (non-hydrogen) atoms. The lowest BCUT2D eigenvalue weighted by molar-refractivity contribution is -0.127. The lowest BCUT2D eigenvalue weighted by Crippen LogP contribution is -2.28. The number of phenolic OH excluding ortho intramolecular Hbond substituents is 1. The van der Waals surface area contributed by atoms with Crippen LogP contribution in [0.15, 0.2) is 29.6 Å². The van der Waals surface area contributed by atoms with E-state index < -0.39 is 6.10 Å². The summed E-state index contributed by atoms with van der Waals surface area (Å²) in [6.07, 6.45) is -0.573. The minimum Gasteiger partial charge on any atom is -0.508 e. The number of carbonyl (C=O) groups is 1. The Labute approximate surface area is 139 Å². The molecule has 0 spiro atoms. The normalized spacial score (nSPS) is 12.1. The second-order valence-corrected chi connectivity index (χ2v) is 5.64. The van der Waals surface area contributed by atoms with E-state index in [4.69, 9.17) is 9.47 Å². The van der Waals surface area contributed by atoms with Gasteiger partial charge in [-0.2, -0.15) is 0 Å². The number of nitrogens with one attached hydrogen (secondary N) is 1. The quantitative estimate of drug-likeness (QED) is 0.725. The SMILES string of the molecule is CCOCCO[C@H](C)C(=O)Nc1nc(-c2ccc(O)cc2)cs1. The average Bonchev–Trinajstić information content (AvgIpc) is 3.00. The van der Waals surface area contributed by atoms with Crippen LogP contribution in [0.3, 0.4) is 0 Å². The molecule has 0 fully saturated rings. The first kappa shape index (κ1) is 17.4. The van der Waals surface area contributed by atoms with Crippen LogP contribution in [0, 0.1) is 0 Å². The molecule has 2 rings (SSSR count). The number of aromatic nitrogens is 1. The minimum atomic E-state index is -0.573. The van der Waals surface area contributed by atoms with E-state index in [9.17, 15) is 9.90 Å². The predicted octanol–water partition coefficient (Wildman–Crippen LogP) is 2.90. The number of nitrogens with zero attached hydrogens (tertiary/aromatic N) is 1. The second kappa shape index (κ2) is 8.61. The highest BCUT2D eigenvalue weighted by Crippen LogP contribution is 2.26. The third-order valence-electron chi connectivity index (χ3n) is 3.07. The van der Waals surface area contributed by atoms with E-state index in [-0.39, 0.29) is 11.7 Å². The zero-order chi connectivity index (χ0) is 16.7. The maximum absolute atomic E-state index is 12.0. The molecule has 0 saturated heterocycles. The number of hydrogen-bond donors (Lipinski definition) is 2. The number of aromatic hydroxyl groups is 1. The summed E-state index contributed by atoms with van der Waals surface area (Å²) in [5.41, 5.74) is 1.62. The average molecular weight is 336 g/mol. The van der Waals surface area contributed by atoms with Crippen molar-refractivity contribution in [2.24, 2.45) is 0 Å². The highest BCUT2D eigenvalue weighted by Gasteiger charge is 2.15. The van der Waals surface area contributed by atoms with Gasteiger partial charge < -0.3 is 14.6 Å². The van der Waals surface area contributed by atoms with Gasteiger partial charge in [0.05, 0.1) is 18.9 Å². The van der Waals surface area contributed by atoms with Crippen LogP contribution in [0.5, 0.6) is 5.75 Å². The third kappa shape index (κ3) is 5.31.